The molecule has 48 heavy (non-hydrogen) atoms. The highest BCUT2D eigenvalue weighted by Gasteiger charge is 2.29. The van der Waals surface area contributed by atoms with Gasteiger partial charge >= 0.3 is 0 Å². The lowest BCUT2D eigenvalue weighted by molar-refractivity contribution is 0.0814. The van der Waals surface area contributed by atoms with Gasteiger partial charge in [0.2, 0.25) is 23.1 Å². The molecule has 0 saturated carbocycles. The van der Waals surface area contributed by atoms with E-state index in [4.69, 9.17) is 37.9 Å². The van der Waals surface area contributed by atoms with Crippen molar-refractivity contribution in [3.8, 4) is 57.1 Å². The maximum atomic E-state index is 13.7. The first-order chi connectivity index (χ1) is 23.1. The zero-order valence-electron chi connectivity index (χ0n) is 27.7. The van der Waals surface area contributed by atoms with Gasteiger partial charge in [-0.05, 0) is 48.5 Å². The number of Topliss-reactive ketones (excluding diaryl/α,β-unsaturated/α-hetero) is 4. The van der Waals surface area contributed by atoms with Crippen molar-refractivity contribution in [3.05, 3.63) is 82.9 Å². The number of hydrogen-bond donors (Lipinski definition) is 0. The van der Waals surface area contributed by atoms with E-state index in [2.05, 4.69) is 0 Å². The second-order valence-corrected chi connectivity index (χ2v) is 9.96. The molecular weight excluding hydrogens is 624 g/mol. The fraction of sp³-hybridized carbons (Fsp3) is 0.222. The van der Waals surface area contributed by atoms with Crippen LogP contribution in [-0.4, -0.2) is 80.0 Å². The smallest absolute Gasteiger partial charge is 0.237 e. The number of methoxy groups -OCH3 is 8. The standard InChI is InChI=1S/C36H34O12/c1-41-25-11-9-19(13-31(25)47-7)33(37)35(39)23-15-21(27(43-3)17-29(23)45-5)22-16-24(30(46-6)18-28(22)44-4)36(40)34(38)20-10-12-26(42-2)32(14-20)48-8/h9-18H,1-8H3. The molecule has 0 aliphatic heterocycles. The molecule has 0 aromatic heterocycles. The van der Waals surface area contributed by atoms with Crippen molar-refractivity contribution in [2.24, 2.45) is 0 Å². The van der Waals surface area contributed by atoms with Gasteiger partial charge in [0.25, 0.3) is 0 Å². The van der Waals surface area contributed by atoms with Crippen LogP contribution >= 0.6 is 0 Å². The molecule has 0 atom stereocenters. The molecular formula is C36H34O12. The van der Waals surface area contributed by atoms with Gasteiger partial charge in [0.15, 0.2) is 23.0 Å². The first-order valence-corrected chi connectivity index (χ1v) is 14.3. The molecule has 0 bridgehead atoms. The van der Waals surface area contributed by atoms with Crippen LogP contribution in [0.5, 0.6) is 46.0 Å². The monoisotopic (exact) mass is 658 g/mol. The molecule has 0 heterocycles. The summed E-state index contributed by atoms with van der Waals surface area (Å²) in [6.07, 6.45) is 0. The Morgan fingerprint density at radius 3 is 0.938 bits per heavy atom. The summed E-state index contributed by atoms with van der Waals surface area (Å²) in [6, 6.07) is 14.4. The molecule has 12 nitrogen and oxygen atoms in total. The van der Waals surface area contributed by atoms with Gasteiger partial charge in [0.1, 0.15) is 23.0 Å². The van der Waals surface area contributed by atoms with Gasteiger partial charge in [-0.25, -0.2) is 0 Å². The lowest BCUT2D eigenvalue weighted by atomic mass is 9.92. The van der Waals surface area contributed by atoms with E-state index in [0.717, 1.165) is 0 Å². The summed E-state index contributed by atoms with van der Waals surface area (Å²) in [7, 11) is 11.2. The number of carbonyl (C=O) groups excluding carboxylic acids is 4. The molecule has 0 amide bonds. The van der Waals surface area contributed by atoms with Gasteiger partial charge < -0.3 is 37.9 Å². The third-order valence-corrected chi connectivity index (χ3v) is 7.53. The van der Waals surface area contributed by atoms with Gasteiger partial charge in [-0.2, -0.15) is 0 Å². The second-order valence-electron chi connectivity index (χ2n) is 9.96. The summed E-state index contributed by atoms with van der Waals surface area (Å²) in [4.78, 5) is 54.4. The number of ketones is 4. The molecule has 0 aliphatic carbocycles. The highest BCUT2D eigenvalue weighted by atomic mass is 16.5. The summed E-state index contributed by atoms with van der Waals surface area (Å²) < 4.78 is 43.2. The third-order valence-electron chi connectivity index (χ3n) is 7.53. The molecule has 0 fully saturated rings. The lowest BCUT2D eigenvalue weighted by Crippen LogP contribution is -2.17. The van der Waals surface area contributed by atoms with E-state index >= 15 is 0 Å². The Morgan fingerprint density at radius 2 is 0.646 bits per heavy atom. The van der Waals surface area contributed by atoms with Crippen molar-refractivity contribution in [2.75, 3.05) is 56.9 Å². The van der Waals surface area contributed by atoms with Gasteiger partial charge in [-0.15, -0.1) is 0 Å². The van der Waals surface area contributed by atoms with Gasteiger partial charge in [0.05, 0.1) is 68.0 Å². The molecule has 0 spiro atoms. The second kappa shape index (κ2) is 15.0. The van der Waals surface area contributed by atoms with Crippen molar-refractivity contribution in [1.82, 2.24) is 0 Å². The average molecular weight is 659 g/mol. The molecule has 4 aromatic carbocycles. The summed E-state index contributed by atoms with van der Waals surface area (Å²) in [5, 5.41) is 0. The molecule has 250 valence electrons. The number of rotatable bonds is 15. The van der Waals surface area contributed by atoms with Gasteiger partial charge in [-0.3, -0.25) is 19.2 Å². The predicted octanol–water partition coefficient (Wildman–Crippen LogP) is 5.55. The largest absolute Gasteiger partial charge is 0.496 e. The molecule has 4 aromatic rings. The minimum Gasteiger partial charge on any atom is -0.496 e. The van der Waals surface area contributed by atoms with E-state index in [1.54, 1.807) is 0 Å². The van der Waals surface area contributed by atoms with Crippen LogP contribution < -0.4 is 37.9 Å². The lowest BCUT2D eigenvalue weighted by Gasteiger charge is -2.18. The Hall–Kier alpha value is -6.04. The Labute approximate surface area is 277 Å². The van der Waals surface area contributed by atoms with Crippen LogP contribution in [0.4, 0.5) is 0 Å². The van der Waals surface area contributed by atoms with Gasteiger partial charge in [0, 0.05) is 34.4 Å². The zero-order valence-corrected chi connectivity index (χ0v) is 27.7. The predicted molar refractivity (Wildman–Crippen MR) is 174 cm³/mol. The fourth-order valence-electron chi connectivity index (χ4n) is 5.04. The fourth-order valence-corrected chi connectivity index (χ4v) is 5.04. The van der Waals surface area contributed by atoms with E-state index in [9.17, 15) is 19.2 Å². The van der Waals surface area contributed by atoms with Crippen LogP contribution in [0.1, 0.15) is 41.4 Å². The first-order valence-electron chi connectivity index (χ1n) is 14.3. The maximum Gasteiger partial charge on any atom is 0.237 e. The van der Waals surface area contributed by atoms with Crippen LogP contribution in [-0.2, 0) is 0 Å². The van der Waals surface area contributed by atoms with Crippen molar-refractivity contribution in [1.29, 1.82) is 0 Å². The highest BCUT2D eigenvalue weighted by molar-refractivity contribution is 6.50. The number of carbonyl (C=O) groups is 4. The zero-order chi connectivity index (χ0) is 35.1. The quantitative estimate of drug-likeness (QED) is 0.117. The summed E-state index contributed by atoms with van der Waals surface area (Å²) in [5.74, 6) is -1.63. The summed E-state index contributed by atoms with van der Waals surface area (Å²) in [6.45, 7) is 0. The first kappa shape index (κ1) is 34.8. The number of benzene rings is 4. The van der Waals surface area contributed by atoms with Crippen molar-refractivity contribution in [2.45, 2.75) is 0 Å². The number of ether oxygens (including phenoxy) is 8. The average Bonchev–Trinajstić information content (AvgIpc) is 3.14. The molecule has 0 saturated heterocycles. The van der Waals surface area contributed by atoms with E-state index in [0.29, 0.717) is 11.5 Å². The minimum absolute atomic E-state index is 0.0562. The topological polar surface area (TPSA) is 142 Å². The molecule has 12 heteroatoms. The van der Waals surface area contributed by atoms with Crippen LogP contribution in [0.3, 0.4) is 0 Å². The SMILES string of the molecule is COc1ccc(C(=O)C(=O)c2cc(-c3cc(C(=O)C(=O)c4ccc(OC)c(OC)c4)c(OC)cc3OC)c(OC)cc2OC)cc1OC. The normalized spacial score (nSPS) is 10.4. The maximum absolute atomic E-state index is 13.7. The van der Waals surface area contributed by atoms with E-state index in [1.807, 2.05) is 0 Å². The Morgan fingerprint density at radius 1 is 0.333 bits per heavy atom. The molecule has 4 rings (SSSR count). The van der Waals surface area contributed by atoms with Crippen molar-refractivity contribution in [3.63, 3.8) is 0 Å². The number of hydrogen-bond acceptors (Lipinski definition) is 12. The Bertz CT molecular complexity index is 1760. The van der Waals surface area contributed by atoms with Gasteiger partial charge in [-0.1, -0.05) is 0 Å². The van der Waals surface area contributed by atoms with Crippen LogP contribution in [0, 0.1) is 0 Å². The molecule has 0 radical (unpaired) electrons. The van der Waals surface area contributed by atoms with Crippen molar-refractivity contribution >= 4 is 23.1 Å². The molecule has 0 aliphatic rings. The van der Waals surface area contributed by atoms with Crippen LogP contribution in [0.25, 0.3) is 11.1 Å². The highest BCUT2D eigenvalue weighted by Crippen LogP contribution is 2.44. The Balaban J connectivity index is 1.87. The summed E-state index contributed by atoms with van der Waals surface area (Å²) in [5.41, 5.74) is 0.435. The van der Waals surface area contributed by atoms with E-state index in [1.165, 1.54) is 118 Å². The van der Waals surface area contributed by atoms with E-state index < -0.39 is 23.1 Å². The molecule has 0 unspecified atom stereocenters. The minimum atomic E-state index is -0.893. The Kier molecular flexibility index (Phi) is 10.9. The van der Waals surface area contributed by atoms with Crippen LogP contribution in [0.2, 0.25) is 0 Å². The summed E-state index contributed by atoms with van der Waals surface area (Å²) >= 11 is 0. The third kappa shape index (κ3) is 6.59. The van der Waals surface area contributed by atoms with Crippen LogP contribution in [0.15, 0.2) is 60.7 Å². The van der Waals surface area contributed by atoms with Crippen molar-refractivity contribution < 1.29 is 57.1 Å². The molecule has 0 N–H and O–H groups in total. The van der Waals surface area contributed by atoms with E-state index in [-0.39, 0.29) is 67.9 Å².